The molecule has 4 nitrogen and oxygen atoms in total. The maximum absolute atomic E-state index is 12.4. The minimum atomic E-state index is -0.839. The van der Waals surface area contributed by atoms with Gasteiger partial charge in [-0.2, -0.15) is 0 Å². The molecule has 312 valence electrons. The van der Waals surface area contributed by atoms with E-state index in [-0.39, 0.29) is 12.5 Å². The summed E-state index contributed by atoms with van der Waals surface area (Å²) in [6, 6.07) is -0.622. The zero-order chi connectivity index (χ0) is 38.6. The quantitative estimate of drug-likeness (QED) is 0.0430. The summed E-state index contributed by atoms with van der Waals surface area (Å²) >= 11 is 0. The fourth-order valence-electron chi connectivity index (χ4n) is 7.21. The van der Waals surface area contributed by atoms with E-state index in [2.05, 4.69) is 43.5 Å². The summed E-state index contributed by atoms with van der Waals surface area (Å²) < 4.78 is 0. The van der Waals surface area contributed by atoms with E-state index in [1.807, 2.05) is 6.08 Å². The van der Waals surface area contributed by atoms with Gasteiger partial charge in [-0.1, -0.05) is 230 Å². The van der Waals surface area contributed by atoms with Crippen LogP contribution in [0.4, 0.5) is 0 Å². The largest absolute Gasteiger partial charge is 0.394 e. The minimum Gasteiger partial charge on any atom is -0.394 e. The second-order valence-electron chi connectivity index (χ2n) is 16.2. The Morgan fingerprint density at radius 1 is 0.453 bits per heavy atom. The Labute approximate surface area is 331 Å². The Morgan fingerprint density at radius 3 is 1.13 bits per heavy atom. The number of amides is 1. The fourth-order valence-corrected chi connectivity index (χ4v) is 7.21. The molecule has 0 saturated carbocycles. The summed E-state index contributed by atoms with van der Waals surface area (Å²) in [7, 11) is 0. The average molecular weight is 744 g/mol. The van der Waals surface area contributed by atoms with Crippen molar-refractivity contribution in [3.8, 4) is 0 Å². The van der Waals surface area contributed by atoms with Gasteiger partial charge in [-0.25, -0.2) is 0 Å². The van der Waals surface area contributed by atoms with E-state index in [4.69, 9.17) is 0 Å². The molecule has 0 aliphatic carbocycles. The second kappa shape index (κ2) is 45.0. The number of aliphatic hydroxyl groups excluding tert-OH is 2. The molecule has 0 rings (SSSR count). The van der Waals surface area contributed by atoms with Crippen LogP contribution in [0.1, 0.15) is 251 Å². The molecule has 0 aromatic rings. The molecular weight excluding hydrogens is 651 g/mol. The summed E-state index contributed by atoms with van der Waals surface area (Å²) in [5, 5.41) is 23.1. The maximum Gasteiger partial charge on any atom is 0.220 e. The van der Waals surface area contributed by atoms with Crippen molar-refractivity contribution in [3.63, 3.8) is 0 Å². The number of aliphatic hydroxyl groups is 2. The van der Waals surface area contributed by atoms with Crippen LogP contribution in [0.15, 0.2) is 36.5 Å². The van der Waals surface area contributed by atoms with E-state index in [9.17, 15) is 15.0 Å². The van der Waals surface area contributed by atoms with Crippen molar-refractivity contribution in [1.82, 2.24) is 5.32 Å². The zero-order valence-corrected chi connectivity index (χ0v) is 35.8. The Hall–Kier alpha value is -1.39. The molecule has 0 spiro atoms. The lowest BCUT2D eigenvalue weighted by molar-refractivity contribution is -0.123. The number of carbonyl (C=O) groups is 1. The predicted octanol–water partition coefficient (Wildman–Crippen LogP) is 15.0. The van der Waals surface area contributed by atoms with E-state index < -0.39 is 12.1 Å². The van der Waals surface area contributed by atoms with Gasteiger partial charge in [0.1, 0.15) is 0 Å². The summed E-state index contributed by atoms with van der Waals surface area (Å²) in [6.45, 7) is 4.31. The number of rotatable bonds is 43. The van der Waals surface area contributed by atoms with Gasteiger partial charge in [-0.05, 0) is 51.4 Å². The Kier molecular flexibility index (Phi) is 43.8. The molecule has 0 fully saturated rings. The molecule has 3 N–H and O–H groups in total. The van der Waals surface area contributed by atoms with E-state index in [1.54, 1.807) is 6.08 Å². The Morgan fingerprint density at radius 2 is 0.774 bits per heavy atom. The van der Waals surface area contributed by atoms with Crippen molar-refractivity contribution in [2.45, 2.75) is 264 Å². The van der Waals surface area contributed by atoms with Gasteiger partial charge in [0.2, 0.25) is 5.91 Å². The third-order valence-electron chi connectivity index (χ3n) is 10.9. The van der Waals surface area contributed by atoms with Crippen molar-refractivity contribution in [2.75, 3.05) is 6.61 Å². The van der Waals surface area contributed by atoms with Gasteiger partial charge in [0.05, 0.1) is 18.8 Å². The molecule has 4 heteroatoms. The van der Waals surface area contributed by atoms with Crippen LogP contribution in [-0.2, 0) is 4.79 Å². The molecule has 0 bridgehead atoms. The van der Waals surface area contributed by atoms with E-state index in [1.165, 1.54) is 199 Å². The summed E-state index contributed by atoms with van der Waals surface area (Å²) in [6.07, 6.45) is 59.7. The van der Waals surface area contributed by atoms with Crippen LogP contribution in [0, 0.1) is 0 Å². The first-order valence-corrected chi connectivity index (χ1v) is 23.7. The van der Waals surface area contributed by atoms with E-state index in [0.717, 1.165) is 32.1 Å². The molecule has 0 heterocycles. The number of hydrogen-bond donors (Lipinski definition) is 3. The van der Waals surface area contributed by atoms with Gasteiger partial charge in [0.25, 0.3) is 0 Å². The molecule has 0 aliphatic heterocycles. The molecule has 0 saturated heterocycles. The molecule has 2 unspecified atom stereocenters. The van der Waals surface area contributed by atoms with Gasteiger partial charge >= 0.3 is 0 Å². The Balaban J connectivity index is 3.54. The second-order valence-corrected chi connectivity index (χ2v) is 16.2. The highest BCUT2D eigenvalue weighted by Crippen LogP contribution is 2.15. The first-order chi connectivity index (χ1) is 26.2. The molecular formula is C49H93NO3. The lowest BCUT2D eigenvalue weighted by atomic mass is 10.0. The van der Waals surface area contributed by atoms with Crippen LogP contribution >= 0.6 is 0 Å². The first kappa shape index (κ1) is 51.6. The fraction of sp³-hybridized carbons (Fsp3) is 0.857. The summed E-state index contributed by atoms with van der Waals surface area (Å²) in [5.74, 6) is -0.0647. The highest BCUT2D eigenvalue weighted by atomic mass is 16.3. The van der Waals surface area contributed by atoms with Crippen molar-refractivity contribution in [3.05, 3.63) is 36.5 Å². The monoisotopic (exact) mass is 744 g/mol. The summed E-state index contributed by atoms with van der Waals surface area (Å²) in [5.41, 5.74) is 0. The topological polar surface area (TPSA) is 69.6 Å². The van der Waals surface area contributed by atoms with Gasteiger partial charge in [0, 0.05) is 6.42 Å². The molecule has 0 radical (unpaired) electrons. The smallest absolute Gasteiger partial charge is 0.220 e. The molecule has 0 aromatic heterocycles. The van der Waals surface area contributed by atoms with Crippen LogP contribution in [0.5, 0.6) is 0 Å². The van der Waals surface area contributed by atoms with Gasteiger partial charge in [-0.3, -0.25) is 4.79 Å². The van der Waals surface area contributed by atoms with Crippen molar-refractivity contribution in [1.29, 1.82) is 0 Å². The number of hydrogen-bond acceptors (Lipinski definition) is 3. The molecule has 0 aliphatic rings. The van der Waals surface area contributed by atoms with Crippen LogP contribution in [-0.4, -0.2) is 34.9 Å². The zero-order valence-electron chi connectivity index (χ0n) is 35.8. The van der Waals surface area contributed by atoms with Crippen molar-refractivity contribution >= 4 is 5.91 Å². The SMILES string of the molecule is CCCCCCC/C=C\C/C=C\CCCCCCCCCCCCCC(=O)NC(CO)C(O)/C=C/CCCCCCCCCCCCCCCCCC. The number of unbranched alkanes of at least 4 members (excludes halogenated alkanes) is 32. The number of carbonyl (C=O) groups excluding carboxylic acids is 1. The third-order valence-corrected chi connectivity index (χ3v) is 10.9. The van der Waals surface area contributed by atoms with Gasteiger partial charge in [-0.15, -0.1) is 0 Å². The van der Waals surface area contributed by atoms with Crippen molar-refractivity contribution in [2.24, 2.45) is 0 Å². The van der Waals surface area contributed by atoms with E-state index >= 15 is 0 Å². The molecule has 0 aromatic carbocycles. The van der Waals surface area contributed by atoms with Crippen molar-refractivity contribution < 1.29 is 15.0 Å². The number of allylic oxidation sites excluding steroid dienone is 5. The minimum absolute atomic E-state index is 0.0647. The third kappa shape index (κ3) is 41.6. The van der Waals surface area contributed by atoms with Gasteiger partial charge in [0.15, 0.2) is 0 Å². The number of nitrogens with one attached hydrogen (secondary N) is 1. The molecule has 2 atom stereocenters. The first-order valence-electron chi connectivity index (χ1n) is 23.7. The van der Waals surface area contributed by atoms with Crippen LogP contribution < -0.4 is 5.32 Å². The highest BCUT2D eigenvalue weighted by molar-refractivity contribution is 5.76. The normalized spacial score (nSPS) is 13.2. The molecule has 1 amide bonds. The lowest BCUT2D eigenvalue weighted by Crippen LogP contribution is -2.45. The van der Waals surface area contributed by atoms with Gasteiger partial charge < -0.3 is 15.5 Å². The van der Waals surface area contributed by atoms with Crippen LogP contribution in [0.25, 0.3) is 0 Å². The highest BCUT2D eigenvalue weighted by Gasteiger charge is 2.17. The average Bonchev–Trinajstić information content (AvgIpc) is 3.16. The van der Waals surface area contributed by atoms with E-state index in [0.29, 0.717) is 6.42 Å². The summed E-state index contributed by atoms with van der Waals surface area (Å²) in [4.78, 5) is 12.4. The van der Waals surface area contributed by atoms with Crippen LogP contribution in [0.2, 0.25) is 0 Å². The lowest BCUT2D eigenvalue weighted by Gasteiger charge is -2.20. The predicted molar refractivity (Wildman–Crippen MR) is 235 cm³/mol. The Bertz CT molecular complexity index is 806. The van der Waals surface area contributed by atoms with Crippen LogP contribution in [0.3, 0.4) is 0 Å². The molecule has 53 heavy (non-hydrogen) atoms. The maximum atomic E-state index is 12.4. The standard InChI is InChI=1S/C49H93NO3/c1-3-5-7-9-11-13-15-17-19-21-23-24-25-26-27-29-31-33-35-37-39-41-43-45-49(53)50-47(46-51)48(52)44-42-40-38-36-34-32-30-28-22-20-18-16-14-12-10-8-6-4-2/h15,17,21,23,42,44,47-48,51-52H,3-14,16,18-20,22,24-41,43,45-46H2,1-2H3,(H,50,53)/b17-15-,23-21-,44-42+.